The van der Waals surface area contributed by atoms with Gasteiger partial charge in [-0.2, -0.15) is 0 Å². The van der Waals surface area contributed by atoms with Crippen LogP contribution in [0.5, 0.6) is 0 Å². The minimum atomic E-state index is -2.49. The van der Waals surface area contributed by atoms with E-state index in [1.807, 2.05) is 6.92 Å². The Hall–Kier alpha value is -0.130. The number of hydrogen-bond donors (Lipinski definition) is 3. The Morgan fingerprint density at radius 1 is 0.941 bits per heavy atom. The molecule has 0 aromatic carbocycles. The molecule has 0 radical (unpaired) electrons. The summed E-state index contributed by atoms with van der Waals surface area (Å²) in [5, 5.41) is 3.43. The normalized spacial score (nSPS) is 29.5. The Balaban J connectivity index is 2.46. The van der Waals surface area contributed by atoms with Gasteiger partial charge >= 0.3 is 0 Å². The highest BCUT2D eigenvalue weighted by Crippen LogP contribution is 2.22. The van der Waals surface area contributed by atoms with Crippen molar-refractivity contribution in [3.8, 4) is 0 Å². The van der Waals surface area contributed by atoms with Crippen LogP contribution in [0, 0.1) is 0 Å². The summed E-state index contributed by atoms with van der Waals surface area (Å²) in [6.07, 6.45) is 8.92. The fourth-order valence-corrected chi connectivity index (χ4v) is 3.13. The molecule has 1 unspecified atom stereocenters. The molecule has 1 fully saturated rings. The van der Waals surface area contributed by atoms with Crippen LogP contribution in [0.25, 0.3) is 0 Å². The monoisotopic (exact) mass is 262 g/mol. The topological polar surface area (TPSA) is 58.2 Å². The molecule has 17 heavy (non-hydrogen) atoms. The van der Waals surface area contributed by atoms with Crippen LogP contribution in [0.4, 0.5) is 0 Å². The molecule has 102 valence electrons. The second-order valence-corrected chi connectivity index (χ2v) is 6.04. The van der Waals surface area contributed by atoms with Gasteiger partial charge in [0.1, 0.15) is 0 Å². The largest absolute Gasteiger partial charge is 0.317 e. The van der Waals surface area contributed by atoms with E-state index in [1.165, 1.54) is 19.3 Å². The van der Waals surface area contributed by atoms with Crippen molar-refractivity contribution in [2.75, 3.05) is 13.1 Å². The van der Waals surface area contributed by atoms with E-state index >= 15 is 0 Å². The lowest BCUT2D eigenvalue weighted by Crippen LogP contribution is -2.41. The molecule has 5 heteroatoms. The van der Waals surface area contributed by atoms with Gasteiger partial charge in [-0.05, 0) is 45.7 Å². The third kappa shape index (κ3) is 7.01. The standard InChI is InChI=1S/C12H26N2O2S/c1-12(14-17(15)16)8-4-2-3-6-10-13-11-7-5-9-12/h13,17H,2-11H2,1H3,(H,14,15,16). The summed E-state index contributed by atoms with van der Waals surface area (Å²) < 4.78 is 24.5. The average Bonchev–Trinajstić information content (AvgIpc) is 2.22. The molecular formula is C12H26N2O2S. The second-order valence-electron chi connectivity index (χ2n) is 5.30. The Labute approximate surface area is 107 Å². The Bertz CT molecular complexity index is 260. The maximum absolute atomic E-state index is 10.9. The molecule has 0 aliphatic carbocycles. The first-order valence-corrected chi connectivity index (χ1v) is 7.93. The highest BCUT2D eigenvalue weighted by Gasteiger charge is 2.23. The molecule has 2 N–H and O–H groups in total. The smallest absolute Gasteiger partial charge is 0.201 e. The number of rotatable bonds is 2. The molecule has 0 spiro atoms. The van der Waals surface area contributed by atoms with Gasteiger partial charge in [0.2, 0.25) is 10.9 Å². The van der Waals surface area contributed by atoms with Gasteiger partial charge in [-0.3, -0.25) is 0 Å². The van der Waals surface area contributed by atoms with Crippen molar-refractivity contribution in [1.82, 2.24) is 10.0 Å². The van der Waals surface area contributed by atoms with Crippen molar-refractivity contribution < 1.29 is 8.42 Å². The van der Waals surface area contributed by atoms with Crippen LogP contribution >= 0.6 is 0 Å². The predicted molar refractivity (Wildman–Crippen MR) is 71.7 cm³/mol. The van der Waals surface area contributed by atoms with Crippen molar-refractivity contribution >= 4 is 10.9 Å². The van der Waals surface area contributed by atoms with Gasteiger partial charge in [-0.15, -0.1) is 0 Å². The Morgan fingerprint density at radius 2 is 1.47 bits per heavy atom. The molecule has 1 atom stereocenters. The van der Waals surface area contributed by atoms with Crippen LogP contribution in [0.3, 0.4) is 0 Å². The van der Waals surface area contributed by atoms with Crippen LogP contribution in [-0.2, 0) is 10.9 Å². The molecule has 0 bridgehead atoms. The highest BCUT2D eigenvalue weighted by molar-refractivity contribution is 7.70. The Kier molecular flexibility index (Phi) is 7.08. The number of nitrogens with one attached hydrogen (secondary N) is 2. The van der Waals surface area contributed by atoms with Crippen molar-refractivity contribution in [1.29, 1.82) is 0 Å². The third-order valence-corrected chi connectivity index (χ3v) is 4.25. The molecule has 0 amide bonds. The summed E-state index contributed by atoms with van der Waals surface area (Å²) in [7, 11) is -2.49. The van der Waals surface area contributed by atoms with E-state index < -0.39 is 10.9 Å². The van der Waals surface area contributed by atoms with Gasteiger partial charge in [-0.1, -0.05) is 25.7 Å². The zero-order valence-electron chi connectivity index (χ0n) is 10.8. The Morgan fingerprint density at radius 3 is 2.12 bits per heavy atom. The van der Waals surface area contributed by atoms with E-state index in [-0.39, 0.29) is 5.54 Å². The van der Waals surface area contributed by atoms with E-state index in [0.717, 1.165) is 45.2 Å². The summed E-state index contributed by atoms with van der Waals surface area (Å²) in [6.45, 7) is 4.22. The van der Waals surface area contributed by atoms with Gasteiger partial charge in [0.25, 0.3) is 0 Å². The lowest BCUT2D eigenvalue weighted by molar-refractivity contribution is 0.332. The molecule has 1 heterocycles. The van der Waals surface area contributed by atoms with Gasteiger partial charge in [0.05, 0.1) is 0 Å². The summed E-state index contributed by atoms with van der Waals surface area (Å²) in [4.78, 5) is 0. The van der Waals surface area contributed by atoms with Crippen molar-refractivity contribution in [2.45, 2.75) is 63.8 Å². The molecule has 0 saturated carbocycles. The van der Waals surface area contributed by atoms with Gasteiger partial charge in [0.15, 0.2) is 0 Å². The molecule has 0 aromatic heterocycles. The maximum atomic E-state index is 10.9. The number of hydrogen-bond acceptors (Lipinski definition) is 3. The van der Waals surface area contributed by atoms with E-state index in [4.69, 9.17) is 0 Å². The fourth-order valence-electron chi connectivity index (χ4n) is 2.47. The first-order valence-electron chi connectivity index (χ1n) is 6.75. The van der Waals surface area contributed by atoms with Crippen molar-refractivity contribution in [3.63, 3.8) is 0 Å². The van der Waals surface area contributed by atoms with E-state index in [9.17, 15) is 8.42 Å². The molecule has 1 aliphatic heterocycles. The maximum Gasteiger partial charge on any atom is 0.201 e. The molecular weight excluding hydrogens is 236 g/mol. The number of thiol groups is 1. The zero-order valence-corrected chi connectivity index (χ0v) is 11.7. The second kappa shape index (κ2) is 8.06. The van der Waals surface area contributed by atoms with E-state index in [0.29, 0.717) is 0 Å². The predicted octanol–water partition coefficient (Wildman–Crippen LogP) is 1.59. The third-order valence-electron chi connectivity index (χ3n) is 3.53. The lowest BCUT2D eigenvalue weighted by atomic mass is 9.89. The molecule has 0 aromatic rings. The highest BCUT2D eigenvalue weighted by atomic mass is 32.2. The average molecular weight is 262 g/mol. The first kappa shape index (κ1) is 14.9. The van der Waals surface area contributed by atoms with Crippen LogP contribution in [0.15, 0.2) is 0 Å². The van der Waals surface area contributed by atoms with Crippen LogP contribution < -0.4 is 10.0 Å². The fraction of sp³-hybridized carbons (Fsp3) is 1.00. The zero-order chi connectivity index (χ0) is 12.6. The minimum Gasteiger partial charge on any atom is -0.317 e. The summed E-state index contributed by atoms with van der Waals surface area (Å²) in [6, 6.07) is 0. The van der Waals surface area contributed by atoms with Crippen LogP contribution in [0.2, 0.25) is 0 Å². The summed E-state index contributed by atoms with van der Waals surface area (Å²) in [5.74, 6) is 0. The summed E-state index contributed by atoms with van der Waals surface area (Å²) >= 11 is 0. The molecule has 1 rings (SSSR count). The van der Waals surface area contributed by atoms with Gasteiger partial charge in [0, 0.05) is 5.54 Å². The lowest BCUT2D eigenvalue weighted by Gasteiger charge is -2.28. The quantitative estimate of drug-likeness (QED) is 0.662. The van der Waals surface area contributed by atoms with Crippen molar-refractivity contribution in [2.24, 2.45) is 0 Å². The van der Waals surface area contributed by atoms with Crippen LogP contribution in [-0.4, -0.2) is 27.0 Å². The van der Waals surface area contributed by atoms with Gasteiger partial charge in [-0.25, -0.2) is 13.1 Å². The molecule has 4 nitrogen and oxygen atoms in total. The summed E-state index contributed by atoms with van der Waals surface area (Å²) in [5.41, 5.74) is -0.228. The molecule has 1 aliphatic rings. The SMILES string of the molecule is CC1(N[SH](=O)=O)CCCCCCNCCCC1. The van der Waals surface area contributed by atoms with Crippen molar-refractivity contribution in [3.05, 3.63) is 0 Å². The van der Waals surface area contributed by atoms with E-state index in [1.54, 1.807) is 0 Å². The van der Waals surface area contributed by atoms with Gasteiger partial charge < -0.3 is 5.32 Å². The minimum absolute atomic E-state index is 0.228. The van der Waals surface area contributed by atoms with E-state index in [2.05, 4.69) is 10.0 Å². The molecule has 1 saturated heterocycles. The van der Waals surface area contributed by atoms with Crippen LogP contribution in [0.1, 0.15) is 58.3 Å². The first-order chi connectivity index (χ1) is 8.12.